The maximum atomic E-state index is 12.3. The van der Waals surface area contributed by atoms with Gasteiger partial charge in [-0.05, 0) is 47.4 Å². The Morgan fingerprint density at radius 3 is 2.71 bits per heavy atom. The molecule has 4 heteroatoms. The van der Waals surface area contributed by atoms with Crippen molar-refractivity contribution in [2.75, 3.05) is 20.2 Å². The molecule has 0 saturated heterocycles. The second-order valence-electron chi connectivity index (χ2n) is 5.61. The van der Waals surface area contributed by atoms with Crippen LogP contribution in [0.3, 0.4) is 0 Å². The van der Waals surface area contributed by atoms with Gasteiger partial charge in [0.2, 0.25) is 5.91 Å². The average Bonchev–Trinajstić information content (AvgIpc) is 2.67. The molecule has 1 aliphatic rings. The smallest absolute Gasteiger partial charge is 0.246 e. The number of benzene rings is 1. The second kappa shape index (κ2) is 7.59. The first-order valence-corrected chi connectivity index (χ1v) is 7.97. The molecule has 1 aromatic heterocycles. The third-order valence-electron chi connectivity index (χ3n) is 4.08. The number of hydrogen-bond acceptors (Lipinski definition) is 3. The Labute approximate surface area is 142 Å². The van der Waals surface area contributed by atoms with Crippen LogP contribution in [-0.4, -0.2) is 36.0 Å². The van der Waals surface area contributed by atoms with Gasteiger partial charge in [0.05, 0.1) is 7.11 Å². The summed E-state index contributed by atoms with van der Waals surface area (Å²) in [4.78, 5) is 18.2. The Bertz CT molecular complexity index is 749. The van der Waals surface area contributed by atoms with E-state index in [1.54, 1.807) is 31.7 Å². The number of nitrogens with zero attached hydrogens (tertiary/aromatic N) is 2. The highest BCUT2D eigenvalue weighted by atomic mass is 16.5. The quantitative estimate of drug-likeness (QED) is 0.811. The summed E-state index contributed by atoms with van der Waals surface area (Å²) >= 11 is 0. The van der Waals surface area contributed by atoms with Crippen molar-refractivity contribution in [3.05, 3.63) is 72.1 Å². The first kappa shape index (κ1) is 16.0. The minimum absolute atomic E-state index is 0.0314. The Morgan fingerprint density at radius 1 is 1.25 bits per heavy atom. The zero-order valence-corrected chi connectivity index (χ0v) is 13.7. The standard InChI is InChI=1S/C20H20N2O2/c1-24-19-7-5-17(6-8-19)18-10-13-22(14-11-18)20(23)9-4-16-3-2-12-21-15-16/h2-10,12,15H,11,13-14H2,1H3/b9-4-. The largest absolute Gasteiger partial charge is 0.497 e. The number of aromatic nitrogens is 1. The monoisotopic (exact) mass is 320 g/mol. The van der Waals surface area contributed by atoms with Crippen LogP contribution in [0.5, 0.6) is 5.75 Å². The predicted octanol–water partition coefficient (Wildman–Crippen LogP) is 3.42. The maximum absolute atomic E-state index is 12.3. The van der Waals surface area contributed by atoms with Gasteiger partial charge >= 0.3 is 0 Å². The van der Waals surface area contributed by atoms with E-state index in [9.17, 15) is 4.79 Å². The van der Waals surface area contributed by atoms with Gasteiger partial charge in [0.25, 0.3) is 0 Å². The van der Waals surface area contributed by atoms with Crippen molar-refractivity contribution in [1.82, 2.24) is 9.88 Å². The molecule has 0 aliphatic carbocycles. The summed E-state index contributed by atoms with van der Waals surface area (Å²) in [6.07, 6.45) is 9.86. The lowest BCUT2D eigenvalue weighted by molar-refractivity contribution is -0.125. The molecule has 122 valence electrons. The van der Waals surface area contributed by atoms with Crippen LogP contribution in [0.25, 0.3) is 11.6 Å². The van der Waals surface area contributed by atoms with Crippen LogP contribution in [0.15, 0.2) is 60.9 Å². The lowest BCUT2D eigenvalue weighted by Gasteiger charge is -2.25. The first-order chi connectivity index (χ1) is 11.8. The first-order valence-electron chi connectivity index (χ1n) is 7.97. The summed E-state index contributed by atoms with van der Waals surface area (Å²) in [7, 11) is 1.66. The van der Waals surface area contributed by atoms with E-state index in [0.29, 0.717) is 6.54 Å². The summed E-state index contributed by atoms with van der Waals surface area (Å²) in [6.45, 7) is 1.37. The molecule has 1 amide bonds. The van der Waals surface area contributed by atoms with Gasteiger partial charge in [0.1, 0.15) is 5.75 Å². The lowest BCUT2D eigenvalue weighted by Crippen LogP contribution is -2.33. The number of pyridine rings is 1. The van der Waals surface area contributed by atoms with Crippen LogP contribution in [-0.2, 0) is 4.79 Å². The summed E-state index contributed by atoms with van der Waals surface area (Å²) in [5.74, 6) is 0.886. The van der Waals surface area contributed by atoms with E-state index in [2.05, 4.69) is 23.2 Å². The van der Waals surface area contributed by atoms with E-state index >= 15 is 0 Å². The predicted molar refractivity (Wildman–Crippen MR) is 95.4 cm³/mol. The summed E-state index contributed by atoms with van der Waals surface area (Å²) in [6, 6.07) is 11.8. The molecule has 0 unspecified atom stereocenters. The second-order valence-corrected chi connectivity index (χ2v) is 5.61. The Balaban J connectivity index is 1.61. The third-order valence-corrected chi connectivity index (χ3v) is 4.08. The van der Waals surface area contributed by atoms with Gasteiger partial charge in [0, 0.05) is 31.6 Å². The Kier molecular flexibility index (Phi) is 5.06. The number of carbonyl (C=O) groups excluding carboxylic acids is 1. The molecule has 0 fully saturated rings. The van der Waals surface area contributed by atoms with E-state index in [1.165, 1.54) is 11.1 Å². The Hall–Kier alpha value is -2.88. The molecule has 0 bridgehead atoms. The molecular weight excluding hydrogens is 300 g/mol. The highest BCUT2D eigenvalue weighted by Gasteiger charge is 2.16. The van der Waals surface area contributed by atoms with Crippen molar-refractivity contribution in [2.24, 2.45) is 0 Å². The fourth-order valence-electron chi connectivity index (χ4n) is 2.68. The molecule has 0 saturated carbocycles. The van der Waals surface area contributed by atoms with Crippen LogP contribution in [0.1, 0.15) is 17.5 Å². The number of methoxy groups -OCH3 is 1. The minimum atomic E-state index is 0.0314. The van der Waals surface area contributed by atoms with E-state index in [0.717, 1.165) is 24.3 Å². The van der Waals surface area contributed by atoms with Crippen LogP contribution in [0.2, 0.25) is 0 Å². The number of rotatable bonds is 4. The Morgan fingerprint density at radius 2 is 2.08 bits per heavy atom. The number of amides is 1. The van der Waals surface area contributed by atoms with E-state index in [-0.39, 0.29) is 5.91 Å². The van der Waals surface area contributed by atoms with Gasteiger partial charge in [0.15, 0.2) is 0 Å². The van der Waals surface area contributed by atoms with Crippen LogP contribution < -0.4 is 4.74 Å². The van der Waals surface area contributed by atoms with Gasteiger partial charge < -0.3 is 9.64 Å². The molecule has 24 heavy (non-hydrogen) atoms. The molecule has 2 heterocycles. The zero-order chi connectivity index (χ0) is 16.8. The van der Waals surface area contributed by atoms with E-state index in [1.807, 2.05) is 29.2 Å². The van der Waals surface area contributed by atoms with Gasteiger partial charge in [-0.1, -0.05) is 24.3 Å². The number of carbonyl (C=O) groups is 1. The van der Waals surface area contributed by atoms with Gasteiger partial charge in [-0.25, -0.2) is 0 Å². The fraction of sp³-hybridized carbons (Fsp3) is 0.200. The molecule has 0 radical (unpaired) electrons. The highest BCUT2D eigenvalue weighted by Crippen LogP contribution is 2.24. The van der Waals surface area contributed by atoms with Crippen molar-refractivity contribution in [3.8, 4) is 5.75 Å². The lowest BCUT2D eigenvalue weighted by atomic mass is 9.99. The van der Waals surface area contributed by atoms with Gasteiger partial charge in [-0.15, -0.1) is 0 Å². The van der Waals surface area contributed by atoms with Crippen molar-refractivity contribution in [2.45, 2.75) is 6.42 Å². The summed E-state index contributed by atoms with van der Waals surface area (Å²) < 4.78 is 5.18. The van der Waals surface area contributed by atoms with Crippen LogP contribution in [0.4, 0.5) is 0 Å². The maximum Gasteiger partial charge on any atom is 0.246 e. The summed E-state index contributed by atoms with van der Waals surface area (Å²) in [5.41, 5.74) is 3.39. The van der Waals surface area contributed by atoms with Crippen molar-refractivity contribution >= 4 is 17.6 Å². The van der Waals surface area contributed by atoms with E-state index < -0.39 is 0 Å². The van der Waals surface area contributed by atoms with Crippen LogP contribution >= 0.6 is 0 Å². The number of hydrogen-bond donors (Lipinski definition) is 0. The third kappa shape index (κ3) is 3.90. The van der Waals surface area contributed by atoms with Gasteiger partial charge in [-0.3, -0.25) is 9.78 Å². The molecule has 3 rings (SSSR count). The highest BCUT2D eigenvalue weighted by molar-refractivity contribution is 5.92. The molecule has 4 nitrogen and oxygen atoms in total. The number of ether oxygens (including phenoxy) is 1. The molecule has 1 aromatic carbocycles. The SMILES string of the molecule is COc1ccc(C2=CCN(C(=O)/C=C\c3cccnc3)CC2)cc1. The molecule has 0 N–H and O–H groups in total. The minimum Gasteiger partial charge on any atom is -0.497 e. The molecule has 1 aliphatic heterocycles. The molecule has 0 atom stereocenters. The fourth-order valence-corrected chi connectivity index (χ4v) is 2.68. The molecule has 2 aromatic rings. The normalized spacial score (nSPS) is 14.5. The van der Waals surface area contributed by atoms with Crippen LogP contribution in [0, 0.1) is 0 Å². The zero-order valence-electron chi connectivity index (χ0n) is 13.7. The van der Waals surface area contributed by atoms with E-state index in [4.69, 9.17) is 4.74 Å². The molecule has 0 spiro atoms. The van der Waals surface area contributed by atoms with Crippen molar-refractivity contribution in [3.63, 3.8) is 0 Å². The van der Waals surface area contributed by atoms with Gasteiger partial charge in [-0.2, -0.15) is 0 Å². The summed E-state index contributed by atoms with van der Waals surface area (Å²) in [5, 5.41) is 0. The average molecular weight is 320 g/mol. The van der Waals surface area contributed by atoms with Crippen molar-refractivity contribution in [1.29, 1.82) is 0 Å². The van der Waals surface area contributed by atoms with Crippen molar-refractivity contribution < 1.29 is 9.53 Å². The topological polar surface area (TPSA) is 42.4 Å². The molecular formula is C20H20N2O2.